The molecule has 0 aromatic carbocycles. The van der Waals surface area contributed by atoms with E-state index in [2.05, 4.69) is 14.9 Å². The fourth-order valence-corrected chi connectivity index (χ4v) is 1.31. The smallest absolute Gasteiger partial charge is 0.379 e. The Kier molecular flexibility index (Phi) is 3.56. The van der Waals surface area contributed by atoms with Crippen molar-refractivity contribution < 1.29 is 22.5 Å². The third-order valence-electron chi connectivity index (χ3n) is 2.33. The van der Waals surface area contributed by atoms with Gasteiger partial charge in [-0.15, -0.1) is 0 Å². The fraction of sp³-hybridized carbons (Fsp3) is 0.667. The highest BCUT2D eigenvalue weighted by atomic mass is 32.2. The minimum absolute atomic E-state index is 0.136. The second kappa shape index (κ2) is 4.44. The molecule has 0 bridgehead atoms. The summed E-state index contributed by atoms with van der Waals surface area (Å²) in [5, 5.41) is 3.39. The Morgan fingerprint density at radius 1 is 1.47 bits per heavy atom. The molecule has 8 heteroatoms. The van der Waals surface area contributed by atoms with E-state index in [0.29, 0.717) is 0 Å². The maximum absolute atomic E-state index is 11.5. The number of nitrogens with zero attached hydrogens (tertiary/aromatic N) is 2. The van der Waals surface area contributed by atoms with Gasteiger partial charge in [0.2, 0.25) is 5.89 Å². The zero-order chi connectivity index (χ0) is 13.3. The normalized spacial score (nSPS) is 12.5. The molecule has 0 spiro atoms. The molecule has 0 aliphatic carbocycles. The number of carbonyl (C=O) groups is 1. The number of ether oxygens (including phenoxy) is 1. The van der Waals surface area contributed by atoms with Crippen LogP contribution in [0, 0.1) is 0 Å². The summed E-state index contributed by atoms with van der Waals surface area (Å²) in [4.78, 5) is 15.0. The van der Waals surface area contributed by atoms with Crippen molar-refractivity contribution in [2.75, 3.05) is 12.9 Å². The van der Waals surface area contributed by atoms with Gasteiger partial charge in [-0.2, -0.15) is 4.98 Å². The lowest BCUT2D eigenvalue weighted by Crippen LogP contribution is -2.28. The molecule has 0 aliphatic heterocycles. The molecule has 0 saturated carbocycles. The molecule has 0 fully saturated rings. The highest BCUT2D eigenvalue weighted by Gasteiger charge is 2.39. The average Bonchev–Trinajstić information content (AvgIpc) is 2.65. The molecule has 0 radical (unpaired) electrons. The van der Waals surface area contributed by atoms with E-state index in [1.165, 1.54) is 13.8 Å². The van der Waals surface area contributed by atoms with Crippen LogP contribution in [0.15, 0.2) is 4.52 Å². The van der Waals surface area contributed by atoms with Gasteiger partial charge in [0.05, 0.1) is 6.61 Å². The van der Waals surface area contributed by atoms with E-state index in [1.54, 1.807) is 6.92 Å². The van der Waals surface area contributed by atoms with Gasteiger partial charge >= 0.3 is 5.97 Å². The number of hydrogen-bond acceptors (Lipinski definition) is 7. The van der Waals surface area contributed by atoms with Crippen molar-refractivity contribution in [3.63, 3.8) is 0 Å². The van der Waals surface area contributed by atoms with E-state index in [-0.39, 0.29) is 18.3 Å². The maximum Gasteiger partial charge on any atom is 0.379 e. The van der Waals surface area contributed by atoms with E-state index in [0.717, 1.165) is 6.26 Å². The summed E-state index contributed by atoms with van der Waals surface area (Å²) in [7, 11) is -3.43. The summed E-state index contributed by atoms with van der Waals surface area (Å²) in [6.07, 6.45) is 1.06. The van der Waals surface area contributed by atoms with Gasteiger partial charge in [0.1, 0.15) is 4.75 Å². The number of aromatic nitrogens is 2. The van der Waals surface area contributed by atoms with Gasteiger partial charge in [-0.1, -0.05) is 0 Å². The quantitative estimate of drug-likeness (QED) is 0.729. The SMILES string of the molecule is CCOC(=O)c1noc(C(C)(C)S(C)(=O)=O)n1. The van der Waals surface area contributed by atoms with Crippen LogP contribution in [0.25, 0.3) is 0 Å². The van der Waals surface area contributed by atoms with Crippen molar-refractivity contribution in [3.05, 3.63) is 11.7 Å². The summed E-state index contributed by atoms with van der Waals surface area (Å²) in [6, 6.07) is 0. The molecule has 0 aliphatic rings. The highest BCUT2D eigenvalue weighted by Crippen LogP contribution is 2.27. The first-order valence-electron chi connectivity index (χ1n) is 4.91. The van der Waals surface area contributed by atoms with Crippen LogP contribution in [0.3, 0.4) is 0 Å². The van der Waals surface area contributed by atoms with Crippen molar-refractivity contribution in [2.45, 2.75) is 25.5 Å². The Morgan fingerprint density at radius 3 is 2.53 bits per heavy atom. The van der Waals surface area contributed by atoms with Crippen molar-refractivity contribution >= 4 is 15.8 Å². The van der Waals surface area contributed by atoms with Crippen molar-refractivity contribution in [2.24, 2.45) is 0 Å². The first-order valence-corrected chi connectivity index (χ1v) is 6.80. The molecule has 1 rings (SSSR count). The van der Waals surface area contributed by atoms with Crippen LogP contribution in [-0.4, -0.2) is 37.4 Å². The Balaban J connectivity index is 3.08. The molecule has 1 heterocycles. The maximum atomic E-state index is 11.5. The fourth-order valence-electron chi connectivity index (χ4n) is 0.905. The summed E-state index contributed by atoms with van der Waals surface area (Å²) >= 11 is 0. The molecule has 1 aromatic heterocycles. The Morgan fingerprint density at radius 2 is 2.06 bits per heavy atom. The molecule has 0 amide bonds. The Labute approximate surface area is 99.1 Å². The second-order valence-electron chi connectivity index (χ2n) is 3.93. The molecule has 0 N–H and O–H groups in total. The zero-order valence-corrected chi connectivity index (χ0v) is 10.9. The molecular weight excluding hydrogens is 248 g/mol. The minimum atomic E-state index is -3.43. The molecule has 0 unspecified atom stereocenters. The van der Waals surface area contributed by atoms with Crippen LogP contribution in [0.4, 0.5) is 0 Å². The number of carbonyl (C=O) groups excluding carboxylic acids is 1. The number of rotatable bonds is 4. The van der Waals surface area contributed by atoms with Gasteiger partial charge in [0.25, 0.3) is 5.82 Å². The summed E-state index contributed by atoms with van der Waals surface area (Å²) in [5.41, 5.74) is 0. The summed E-state index contributed by atoms with van der Waals surface area (Å²) < 4.78 is 31.1. The van der Waals surface area contributed by atoms with Crippen molar-refractivity contribution in [3.8, 4) is 0 Å². The summed E-state index contributed by atoms with van der Waals surface area (Å²) in [6.45, 7) is 4.66. The molecule has 1 aromatic rings. The van der Waals surface area contributed by atoms with E-state index < -0.39 is 20.6 Å². The van der Waals surface area contributed by atoms with Gasteiger partial charge in [-0.05, 0) is 25.9 Å². The minimum Gasteiger partial charge on any atom is -0.460 e. The van der Waals surface area contributed by atoms with E-state index in [1.807, 2.05) is 0 Å². The lowest BCUT2D eigenvalue weighted by Gasteiger charge is -2.16. The largest absolute Gasteiger partial charge is 0.460 e. The molecular formula is C9H14N2O5S. The summed E-state index contributed by atoms with van der Waals surface area (Å²) in [5.74, 6) is -1.16. The van der Waals surface area contributed by atoms with E-state index in [4.69, 9.17) is 4.52 Å². The molecule has 17 heavy (non-hydrogen) atoms. The van der Waals surface area contributed by atoms with Crippen LogP contribution in [0.2, 0.25) is 0 Å². The standard InChI is InChI=1S/C9H14N2O5S/c1-5-15-7(12)6-10-8(16-11-6)9(2,3)17(4,13)14/h5H2,1-4H3. The molecule has 0 atom stereocenters. The van der Waals surface area contributed by atoms with Crippen LogP contribution in [-0.2, 0) is 19.3 Å². The van der Waals surface area contributed by atoms with Crippen LogP contribution >= 0.6 is 0 Å². The molecule has 96 valence electrons. The first-order chi connectivity index (χ1) is 7.70. The Bertz CT molecular complexity index is 517. The molecule has 7 nitrogen and oxygen atoms in total. The van der Waals surface area contributed by atoms with Gasteiger partial charge in [-0.3, -0.25) is 0 Å². The van der Waals surface area contributed by atoms with Gasteiger partial charge in [0.15, 0.2) is 9.84 Å². The van der Waals surface area contributed by atoms with Crippen LogP contribution in [0.1, 0.15) is 37.3 Å². The number of hydrogen-bond donors (Lipinski definition) is 0. The predicted octanol–water partition coefficient (Wildman–Crippen LogP) is 0.526. The lowest BCUT2D eigenvalue weighted by atomic mass is 10.2. The number of esters is 1. The van der Waals surface area contributed by atoms with Gasteiger partial charge in [-0.25, -0.2) is 13.2 Å². The van der Waals surface area contributed by atoms with Crippen LogP contribution in [0.5, 0.6) is 0 Å². The van der Waals surface area contributed by atoms with Crippen LogP contribution < -0.4 is 0 Å². The van der Waals surface area contributed by atoms with E-state index in [9.17, 15) is 13.2 Å². The third-order valence-corrected chi connectivity index (χ3v) is 4.35. The van der Waals surface area contributed by atoms with Gasteiger partial charge < -0.3 is 9.26 Å². The first kappa shape index (κ1) is 13.6. The van der Waals surface area contributed by atoms with E-state index >= 15 is 0 Å². The second-order valence-corrected chi connectivity index (χ2v) is 6.49. The molecule has 0 saturated heterocycles. The topological polar surface area (TPSA) is 99.4 Å². The monoisotopic (exact) mass is 262 g/mol. The third kappa shape index (κ3) is 2.63. The highest BCUT2D eigenvalue weighted by molar-refractivity contribution is 7.91. The average molecular weight is 262 g/mol. The Hall–Kier alpha value is -1.44. The van der Waals surface area contributed by atoms with Crippen molar-refractivity contribution in [1.82, 2.24) is 10.1 Å². The van der Waals surface area contributed by atoms with Crippen molar-refractivity contribution in [1.29, 1.82) is 0 Å². The predicted molar refractivity (Wildman–Crippen MR) is 58.1 cm³/mol. The van der Waals surface area contributed by atoms with Gasteiger partial charge in [0, 0.05) is 6.26 Å². The zero-order valence-electron chi connectivity index (χ0n) is 10.1. The lowest BCUT2D eigenvalue weighted by molar-refractivity contribution is 0.0508. The number of sulfone groups is 1.